The third-order valence-corrected chi connectivity index (χ3v) is 4.43. The molecule has 4 nitrogen and oxygen atoms in total. The minimum Gasteiger partial charge on any atom is -0.322 e. The fraction of sp³-hybridized carbons (Fsp3) is 0.0476. The molecule has 0 aliphatic rings. The van der Waals surface area contributed by atoms with Gasteiger partial charge in [-0.1, -0.05) is 34.1 Å². The summed E-state index contributed by atoms with van der Waals surface area (Å²) < 4.78 is 0.919. The number of hydrogen-bond acceptors (Lipinski definition) is 2. The van der Waals surface area contributed by atoms with Crippen LogP contribution in [0.1, 0.15) is 26.3 Å². The molecule has 0 spiro atoms. The molecule has 2 amide bonds. The molecule has 0 atom stereocenters. The number of benzene rings is 3. The number of rotatable bonds is 4. The molecule has 0 heterocycles. The van der Waals surface area contributed by atoms with Crippen LogP contribution >= 0.6 is 15.9 Å². The SMILES string of the molecule is Cc1ccccc1C(=O)Nc1ccc(NC(=O)c2ccc(Br)cc2)cc1. The van der Waals surface area contributed by atoms with E-state index in [1.807, 2.05) is 37.3 Å². The first-order valence-electron chi connectivity index (χ1n) is 8.07. The number of amides is 2. The Kier molecular flexibility index (Phi) is 5.49. The van der Waals surface area contributed by atoms with E-state index in [0.717, 1.165) is 10.0 Å². The van der Waals surface area contributed by atoms with Crippen molar-refractivity contribution in [3.05, 3.63) is 94.0 Å². The van der Waals surface area contributed by atoms with Gasteiger partial charge in [0, 0.05) is 27.0 Å². The van der Waals surface area contributed by atoms with E-state index in [4.69, 9.17) is 0 Å². The minimum atomic E-state index is -0.186. The van der Waals surface area contributed by atoms with Gasteiger partial charge in [0.1, 0.15) is 0 Å². The molecule has 3 aromatic carbocycles. The smallest absolute Gasteiger partial charge is 0.255 e. The van der Waals surface area contributed by atoms with E-state index < -0.39 is 0 Å². The zero-order valence-electron chi connectivity index (χ0n) is 14.1. The Labute approximate surface area is 160 Å². The van der Waals surface area contributed by atoms with Crippen molar-refractivity contribution < 1.29 is 9.59 Å². The summed E-state index contributed by atoms with van der Waals surface area (Å²) in [5.41, 5.74) is 3.46. The first-order valence-corrected chi connectivity index (χ1v) is 8.86. The molecular formula is C21H17BrN2O2. The van der Waals surface area contributed by atoms with Crippen LogP contribution in [0.5, 0.6) is 0 Å². The summed E-state index contributed by atoms with van der Waals surface area (Å²) in [5, 5.41) is 5.69. The van der Waals surface area contributed by atoms with E-state index >= 15 is 0 Å². The van der Waals surface area contributed by atoms with Crippen LogP contribution in [0.2, 0.25) is 0 Å². The van der Waals surface area contributed by atoms with Crippen LogP contribution in [0.15, 0.2) is 77.3 Å². The summed E-state index contributed by atoms with van der Waals surface area (Å²) in [5.74, 6) is -0.344. The van der Waals surface area contributed by atoms with Crippen LogP contribution in [0, 0.1) is 6.92 Å². The molecule has 5 heteroatoms. The van der Waals surface area contributed by atoms with Crippen molar-refractivity contribution in [2.75, 3.05) is 10.6 Å². The Morgan fingerprint density at radius 1 is 0.731 bits per heavy atom. The predicted molar refractivity (Wildman–Crippen MR) is 108 cm³/mol. The molecule has 0 saturated carbocycles. The largest absolute Gasteiger partial charge is 0.322 e. The zero-order chi connectivity index (χ0) is 18.5. The lowest BCUT2D eigenvalue weighted by molar-refractivity contribution is 0.101. The number of carbonyl (C=O) groups excluding carboxylic acids is 2. The predicted octanol–water partition coefficient (Wildman–Crippen LogP) is 5.26. The lowest BCUT2D eigenvalue weighted by atomic mass is 10.1. The highest BCUT2D eigenvalue weighted by molar-refractivity contribution is 9.10. The standard InChI is InChI=1S/C21H17BrN2O2/c1-14-4-2-3-5-19(14)21(26)24-18-12-10-17(11-13-18)23-20(25)15-6-8-16(22)9-7-15/h2-13H,1H3,(H,23,25)(H,24,26). The fourth-order valence-corrected chi connectivity index (χ4v) is 2.73. The van der Waals surface area contributed by atoms with Gasteiger partial charge in [0.05, 0.1) is 0 Å². The molecule has 2 N–H and O–H groups in total. The van der Waals surface area contributed by atoms with Crippen LogP contribution in [-0.2, 0) is 0 Å². The molecule has 0 aliphatic heterocycles. The van der Waals surface area contributed by atoms with Gasteiger partial charge in [-0.3, -0.25) is 9.59 Å². The van der Waals surface area contributed by atoms with Crippen molar-refractivity contribution >= 4 is 39.1 Å². The molecule has 0 unspecified atom stereocenters. The van der Waals surface area contributed by atoms with Crippen LogP contribution in [0.4, 0.5) is 11.4 Å². The van der Waals surface area contributed by atoms with Gasteiger partial charge in [-0.25, -0.2) is 0 Å². The maximum atomic E-state index is 12.3. The van der Waals surface area contributed by atoms with E-state index in [9.17, 15) is 9.59 Å². The molecule has 0 radical (unpaired) electrons. The monoisotopic (exact) mass is 408 g/mol. The van der Waals surface area contributed by atoms with E-state index in [1.54, 1.807) is 42.5 Å². The summed E-state index contributed by atoms with van der Waals surface area (Å²) in [6.07, 6.45) is 0. The number of anilines is 2. The fourth-order valence-electron chi connectivity index (χ4n) is 2.47. The molecule has 0 bridgehead atoms. The number of hydrogen-bond donors (Lipinski definition) is 2. The molecule has 130 valence electrons. The Bertz CT molecular complexity index is 935. The van der Waals surface area contributed by atoms with Gasteiger partial charge in [-0.15, -0.1) is 0 Å². The molecule has 0 saturated heterocycles. The number of aryl methyl sites for hydroxylation is 1. The lowest BCUT2D eigenvalue weighted by Crippen LogP contribution is -2.14. The second-order valence-corrected chi connectivity index (χ2v) is 6.72. The van der Waals surface area contributed by atoms with Gasteiger partial charge in [0.2, 0.25) is 0 Å². The third-order valence-electron chi connectivity index (χ3n) is 3.90. The highest BCUT2D eigenvalue weighted by Crippen LogP contribution is 2.17. The molecule has 3 rings (SSSR count). The Morgan fingerprint density at radius 2 is 1.27 bits per heavy atom. The first kappa shape index (κ1) is 17.9. The van der Waals surface area contributed by atoms with E-state index in [1.165, 1.54) is 0 Å². The normalized spacial score (nSPS) is 10.2. The number of nitrogens with one attached hydrogen (secondary N) is 2. The summed E-state index contributed by atoms with van der Waals surface area (Å²) in [6, 6.07) is 21.6. The van der Waals surface area contributed by atoms with Crippen molar-refractivity contribution in [1.82, 2.24) is 0 Å². The third kappa shape index (κ3) is 4.37. The molecule has 3 aromatic rings. The Hall–Kier alpha value is -2.92. The minimum absolute atomic E-state index is 0.158. The Morgan fingerprint density at radius 3 is 1.85 bits per heavy atom. The highest BCUT2D eigenvalue weighted by Gasteiger charge is 2.09. The molecule has 0 aliphatic carbocycles. The molecule has 0 aromatic heterocycles. The molecular weight excluding hydrogens is 392 g/mol. The second kappa shape index (κ2) is 7.97. The van der Waals surface area contributed by atoms with Gasteiger partial charge >= 0.3 is 0 Å². The van der Waals surface area contributed by atoms with Crippen molar-refractivity contribution in [1.29, 1.82) is 0 Å². The quantitative estimate of drug-likeness (QED) is 0.618. The molecule has 26 heavy (non-hydrogen) atoms. The summed E-state index contributed by atoms with van der Waals surface area (Å²) in [7, 11) is 0. The summed E-state index contributed by atoms with van der Waals surface area (Å²) >= 11 is 3.34. The summed E-state index contributed by atoms with van der Waals surface area (Å²) in [4.78, 5) is 24.5. The van der Waals surface area contributed by atoms with Gasteiger partial charge in [-0.2, -0.15) is 0 Å². The van der Waals surface area contributed by atoms with Crippen LogP contribution in [0.3, 0.4) is 0 Å². The van der Waals surface area contributed by atoms with E-state index in [0.29, 0.717) is 22.5 Å². The zero-order valence-corrected chi connectivity index (χ0v) is 15.7. The van der Waals surface area contributed by atoms with Crippen LogP contribution in [0.25, 0.3) is 0 Å². The average molecular weight is 409 g/mol. The van der Waals surface area contributed by atoms with Crippen molar-refractivity contribution in [2.24, 2.45) is 0 Å². The van der Waals surface area contributed by atoms with Crippen molar-refractivity contribution in [3.8, 4) is 0 Å². The van der Waals surface area contributed by atoms with Crippen molar-refractivity contribution in [3.63, 3.8) is 0 Å². The lowest BCUT2D eigenvalue weighted by Gasteiger charge is -2.09. The van der Waals surface area contributed by atoms with Crippen molar-refractivity contribution in [2.45, 2.75) is 6.92 Å². The van der Waals surface area contributed by atoms with E-state index in [-0.39, 0.29) is 11.8 Å². The van der Waals surface area contributed by atoms with Gasteiger partial charge in [-0.05, 0) is 67.1 Å². The molecule has 0 fully saturated rings. The first-order chi connectivity index (χ1) is 12.5. The van der Waals surface area contributed by atoms with Gasteiger partial charge in [0.25, 0.3) is 11.8 Å². The van der Waals surface area contributed by atoms with Gasteiger partial charge in [0.15, 0.2) is 0 Å². The topological polar surface area (TPSA) is 58.2 Å². The van der Waals surface area contributed by atoms with Crippen LogP contribution in [-0.4, -0.2) is 11.8 Å². The number of halogens is 1. The maximum Gasteiger partial charge on any atom is 0.255 e. The highest BCUT2D eigenvalue weighted by atomic mass is 79.9. The Balaban J connectivity index is 1.65. The number of carbonyl (C=O) groups is 2. The van der Waals surface area contributed by atoms with Gasteiger partial charge < -0.3 is 10.6 Å². The van der Waals surface area contributed by atoms with Crippen LogP contribution < -0.4 is 10.6 Å². The maximum absolute atomic E-state index is 12.3. The summed E-state index contributed by atoms with van der Waals surface area (Å²) in [6.45, 7) is 1.90. The van der Waals surface area contributed by atoms with E-state index in [2.05, 4.69) is 26.6 Å². The average Bonchev–Trinajstić information content (AvgIpc) is 2.64. The second-order valence-electron chi connectivity index (χ2n) is 5.81.